The molecule has 65 heavy (non-hydrogen) atoms. The van der Waals surface area contributed by atoms with Crippen molar-refractivity contribution in [2.45, 2.75) is 0 Å². The lowest BCUT2D eigenvalue weighted by Crippen LogP contribution is -2.13. The molecule has 0 N–H and O–H groups in total. The van der Waals surface area contributed by atoms with E-state index in [1.54, 1.807) is 0 Å². The van der Waals surface area contributed by atoms with Crippen LogP contribution in [0, 0.1) is 0 Å². The number of anilines is 6. The predicted octanol–water partition coefficient (Wildman–Crippen LogP) is 17.7. The smallest absolute Gasteiger partial charge is 0.137 e. The van der Waals surface area contributed by atoms with Crippen LogP contribution < -0.4 is 9.80 Å². The van der Waals surface area contributed by atoms with Crippen LogP contribution in [-0.2, 0) is 0 Å². The number of hydrogen-bond donors (Lipinski definition) is 0. The van der Waals surface area contributed by atoms with E-state index in [1.165, 1.54) is 42.0 Å². The zero-order valence-electron chi connectivity index (χ0n) is 35.2. The molecule has 0 unspecified atom stereocenters. The van der Waals surface area contributed by atoms with Crippen LogP contribution in [0.25, 0.3) is 80.7 Å². The molecule has 0 spiro atoms. The number of benzene rings is 10. The average Bonchev–Trinajstić information content (AvgIpc) is 4.04. The molecule has 10 aromatic carbocycles. The van der Waals surface area contributed by atoms with Crippen molar-refractivity contribution < 1.29 is 4.42 Å². The van der Waals surface area contributed by atoms with Crippen molar-refractivity contribution in [2.75, 3.05) is 9.80 Å². The highest BCUT2D eigenvalue weighted by molar-refractivity contribution is 7.25. The van der Waals surface area contributed by atoms with E-state index in [1.807, 2.05) is 11.3 Å². The Kier molecular flexibility index (Phi) is 8.68. The van der Waals surface area contributed by atoms with E-state index in [9.17, 15) is 0 Å². The first-order valence-corrected chi connectivity index (χ1v) is 22.8. The number of thiophene rings is 1. The molecular weight excluding hydrogens is 811 g/mol. The van der Waals surface area contributed by atoms with Crippen molar-refractivity contribution in [3.63, 3.8) is 0 Å². The Morgan fingerprint density at radius 1 is 0.308 bits per heavy atom. The maximum Gasteiger partial charge on any atom is 0.137 e. The summed E-state index contributed by atoms with van der Waals surface area (Å²) in [5, 5.41) is 7.18. The topological polar surface area (TPSA) is 24.6 Å². The normalized spacial score (nSPS) is 11.7. The lowest BCUT2D eigenvalue weighted by molar-refractivity contribution is 0.669. The molecular formula is C60H39N3OS. The second-order valence-electron chi connectivity index (χ2n) is 16.6. The van der Waals surface area contributed by atoms with Gasteiger partial charge in [-0.2, -0.15) is 0 Å². The summed E-state index contributed by atoms with van der Waals surface area (Å²) in [7, 11) is 0. The van der Waals surface area contributed by atoms with E-state index in [2.05, 4.69) is 251 Å². The molecule has 0 saturated heterocycles. The first-order valence-electron chi connectivity index (χ1n) is 22.0. The summed E-state index contributed by atoms with van der Waals surface area (Å²) in [4.78, 5) is 4.68. The third kappa shape index (κ3) is 6.28. The molecule has 0 bridgehead atoms. The van der Waals surface area contributed by atoms with Crippen molar-refractivity contribution in [3.8, 4) is 16.8 Å². The summed E-state index contributed by atoms with van der Waals surface area (Å²) in [6.45, 7) is 0. The van der Waals surface area contributed by atoms with Gasteiger partial charge in [0.1, 0.15) is 11.2 Å². The standard InChI is InChI=1S/C60H39N3OS/c1-4-15-42(16-5-1)61(43-17-6-2-7-18-43)45-21-14-22-46(37-45)62(47-30-34-60-54(38-47)52-24-11-13-26-59(52)65-60)48-29-32-51-53-35-40(28-33-57(53)64-58(51)39-48)41-27-31-50-49-23-10-12-25-55(49)63(56(50)36-41)44-19-8-3-9-20-44/h1-39H. The number of fused-ring (bicyclic) bond motifs is 9. The SMILES string of the molecule is c1ccc(N(c2ccccc2)c2cccc(N(c3ccc4c(c3)oc3ccc(-c5ccc6c7ccccc7n(-c7ccccc7)c6c5)cc34)c3ccc4sc5ccccc5c4c3)c2)cc1. The number of hydrogen-bond acceptors (Lipinski definition) is 4. The van der Waals surface area contributed by atoms with E-state index in [-0.39, 0.29) is 0 Å². The lowest BCUT2D eigenvalue weighted by atomic mass is 10.0. The van der Waals surface area contributed by atoms with Crippen LogP contribution in [0.15, 0.2) is 241 Å². The Balaban J connectivity index is 0.952. The Bertz CT molecular complexity index is 3870. The van der Waals surface area contributed by atoms with Gasteiger partial charge in [0.2, 0.25) is 0 Å². The molecule has 0 aliphatic heterocycles. The Morgan fingerprint density at radius 3 is 1.65 bits per heavy atom. The van der Waals surface area contributed by atoms with Crippen LogP contribution in [-0.4, -0.2) is 4.57 Å². The molecule has 0 amide bonds. The van der Waals surface area contributed by atoms with E-state index in [0.29, 0.717) is 0 Å². The van der Waals surface area contributed by atoms with Gasteiger partial charge in [-0.15, -0.1) is 11.3 Å². The molecule has 0 aliphatic carbocycles. The molecule has 13 aromatic rings. The summed E-state index contributed by atoms with van der Waals surface area (Å²) >= 11 is 1.84. The predicted molar refractivity (Wildman–Crippen MR) is 276 cm³/mol. The number of furan rings is 1. The van der Waals surface area contributed by atoms with Gasteiger partial charge >= 0.3 is 0 Å². The molecule has 0 fully saturated rings. The highest BCUT2D eigenvalue weighted by Gasteiger charge is 2.21. The molecule has 0 radical (unpaired) electrons. The zero-order chi connectivity index (χ0) is 42.8. The summed E-state index contributed by atoms with van der Waals surface area (Å²) in [5.41, 5.74) is 13.9. The maximum atomic E-state index is 6.75. The Morgan fingerprint density at radius 2 is 0.862 bits per heavy atom. The summed E-state index contributed by atoms with van der Waals surface area (Å²) < 4.78 is 11.7. The Hall–Kier alpha value is -8.38. The largest absolute Gasteiger partial charge is 0.456 e. The third-order valence-electron chi connectivity index (χ3n) is 12.7. The number of rotatable bonds is 8. The molecule has 5 heteroatoms. The van der Waals surface area contributed by atoms with E-state index in [0.717, 1.165) is 72.9 Å². The van der Waals surface area contributed by atoms with Gasteiger partial charge in [0, 0.05) is 87.6 Å². The van der Waals surface area contributed by atoms with E-state index in [4.69, 9.17) is 4.42 Å². The van der Waals surface area contributed by atoms with E-state index < -0.39 is 0 Å². The maximum absolute atomic E-state index is 6.75. The number of para-hydroxylation sites is 4. The second-order valence-corrected chi connectivity index (χ2v) is 17.6. The van der Waals surface area contributed by atoms with Crippen LogP contribution >= 0.6 is 11.3 Å². The van der Waals surface area contributed by atoms with Gasteiger partial charge in [-0.3, -0.25) is 0 Å². The summed E-state index contributed by atoms with van der Waals surface area (Å²) in [6.07, 6.45) is 0. The minimum absolute atomic E-state index is 0.840. The lowest BCUT2D eigenvalue weighted by Gasteiger charge is -2.29. The van der Waals surface area contributed by atoms with Crippen LogP contribution in [0.3, 0.4) is 0 Å². The van der Waals surface area contributed by atoms with Crippen LogP contribution in [0.1, 0.15) is 0 Å². The molecule has 3 aromatic heterocycles. The van der Waals surface area contributed by atoms with Gasteiger partial charge in [-0.1, -0.05) is 115 Å². The average molecular weight is 850 g/mol. The van der Waals surface area contributed by atoms with Crippen molar-refractivity contribution in [2.24, 2.45) is 0 Å². The molecule has 4 nitrogen and oxygen atoms in total. The minimum atomic E-state index is 0.840. The fourth-order valence-electron chi connectivity index (χ4n) is 9.76. The van der Waals surface area contributed by atoms with Gasteiger partial charge < -0.3 is 18.8 Å². The molecule has 0 atom stereocenters. The van der Waals surface area contributed by atoms with Crippen LogP contribution in [0.5, 0.6) is 0 Å². The van der Waals surface area contributed by atoms with Crippen molar-refractivity contribution >= 4 is 109 Å². The molecule has 0 aliphatic rings. The minimum Gasteiger partial charge on any atom is -0.456 e. The first-order chi connectivity index (χ1) is 32.2. The van der Waals surface area contributed by atoms with E-state index >= 15 is 0 Å². The van der Waals surface area contributed by atoms with Crippen molar-refractivity contribution in [3.05, 3.63) is 237 Å². The van der Waals surface area contributed by atoms with Crippen molar-refractivity contribution in [1.29, 1.82) is 0 Å². The van der Waals surface area contributed by atoms with Gasteiger partial charge in [0.05, 0.1) is 11.0 Å². The van der Waals surface area contributed by atoms with Crippen LogP contribution in [0.2, 0.25) is 0 Å². The van der Waals surface area contributed by atoms with Gasteiger partial charge in [-0.05, 0) is 126 Å². The monoisotopic (exact) mass is 849 g/mol. The summed E-state index contributed by atoms with van der Waals surface area (Å²) in [6, 6.07) is 85.0. The molecule has 0 saturated carbocycles. The van der Waals surface area contributed by atoms with Gasteiger partial charge in [0.25, 0.3) is 0 Å². The highest BCUT2D eigenvalue weighted by atomic mass is 32.1. The Labute approximate surface area is 379 Å². The quantitative estimate of drug-likeness (QED) is 0.152. The second kappa shape index (κ2) is 15.2. The molecule has 3 heterocycles. The highest BCUT2D eigenvalue weighted by Crippen LogP contribution is 2.45. The van der Waals surface area contributed by atoms with Crippen molar-refractivity contribution in [1.82, 2.24) is 4.57 Å². The molecule has 13 rings (SSSR count). The van der Waals surface area contributed by atoms with Crippen LogP contribution in [0.4, 0.5) is 34.1 Å². The number of aromatic nitrogens is 1. The third-order valence-corrected chi connectivity index (χ3v) is 13.9. The van der Waals surface area contributed by atoms with Gasteiger partial charge in [-0.25, -0.2) is 0 Å². The molecule has 306 valence electrons. The summed E-state index contributed by atoms with van der Waals surface area (Å²) in [5.74, 6) is 0. The number of nitrogens with zero attached hydrogens (tertiary/aromatic N) is 3. The fourth-order valence-corrected chi connectivity index (χ4v) is 10.8. The van der Waals surface area contributed by atoms with Gasteiger partial charge in [0.15, 0.2) is 0 Å². The first kappa shape index (κ1) is 37.2. The fraction of sp³-hybridized carbons (Fsp3) is 0. The zero-order valence-corrected chi connectivity index (χ0v) is 36.0.